The summed E-state index contributed by atoms with van der Waals surface area (Å²) in [5, 5.41) is 3.02. The summed E-state index contributed by atoms with van der Waals surface area (Å²) in [6, 6.07) is 7.51. The van der Waals surface area contributed by atoms with E-state index in [1.54, 1.807) is 19.2 Å². The number of methoxy groups -OCH3 is 1. The summed E-state index contributed by atoms with van der Waals surface area (Å²) < 4.78 is 16.8. The molecule has 6 nitrogen and oxygen atoms in total. The summed E-state index contributed by atoms with van der Waals surface area (Å²) in [6.07, 6.45) is 0.801. The Morgan fingerprint density at radius 1 is 1.33 bits per heavy atom. The van der Waals surface area contributed by atoms with Gasteiger partial charge in [0.2, 0.25) is 0 Å². The van der Waals surface area contributed by atoms with Crippen molar-refractivity contribution in [3.05, 3.63) is 41.3 Å². The van der Waals surface area contributed by atoms with Crippen molar-refractivity contribution in [2.45, 2.75) is 39.7 Å². The first kappa shape index (κ1) is 19.3. The van der Waals surface area contributed by atoms with Crippen LogP contribution >= 0.6 is 0 Å². The Balaban J connectivity index is 1.96. The molecule has 0 bridgehead atoms. The zero-order chi connectivity index (χ0) is 19.6. The van der Waals surface area contributed by atoms with Gasteiger partial charge in [-0.3, -0.25) is 4.79 Å². The number of nitrogens with zero attached hydrogens (tertiary/aromatic N) is 1. The summed E-state index contributed by atoms with van der Waals surface area (Å²) in [4.78, 5) is 14.8. The van der Waals surface area contributed by atoms with Gasteiger partial charge in [0.15, 0.2) is 5.76 Å². The van der Waals surface area contributed by atoms with Crippen LogP contribution in [0.15, 0.2) is 28.7 Å². The number of amides is 1. The molecular weight excluding hydrogens is 344 g/mol. The van der Waals surface area contributed by atoms with E-state index >= 15 is 0 Å². The van der Waals surface area contributed by atoms with E-state index in [0.29, 0.717) is 18.1 Å². The van der Waals surface area contributed by atoms with E-state index in [2.05, 4.69) is 31.0 Å². The average molecular weight is 372 g/mol. The highest BCUT2D eigenvalue weighted by atomic mass is 16.5. The number of rotatable bonds is 7. The number of aryl methyl sites for hydroxylation is 1. The molecule has 6 heteroatoms. The maximum atomic E-state index is 12.7. The van der Waals surface area contributed by atoms with E-state index in [1.807, 2.05) is 19.1 Å². The van der Waals surface area contributed by atoms with Crippen LogP contribution in [0.5, 0.6) is 5.75 Å². The van der Waals surface area contributed by atoms with Gasteiger partial charge in [0.1, 0.15) is 17.1 Å². The fourth-order valence-electron chi connectivity index (χ4n) is 3.39. The molecule has 0 fully saturated rings. The molecule has 0 saturated heterocycles. The number of benzene rings is 1. The molecule has 0 spiro atoms. The standard InChI is InChI=1S/C21H28N2O4/c1-6-23(9-10-25-5)17-12-19-15(13-21(3,4)27-19)11-16(17)22-20(24)18-8-7-14(2)26-18/h7-8,11-12H,6,9-10,13H2,1-5H3,(H,22,24). The molecule has 2 aromatic rings. The molecule has 1 amide bonds. The number of hydrogen-bond donors (Lipinski definition) is 1. The van der Waals surface area contributed by atoms with Crippen LogP contribution in [0.3, 0.4) is 0 Å². The smallest absolute Gasteiger partial charge is 0.291 e. The number of carbonyl (C=O) groups excluding carboxylic acids is 1. The van der Waals surface area contributed by atoms with Gasteiger partial charge in [-0.15, -0.1) is 0 Å². The van der Waals surface area contributed by atoms with Crippen LogP contribution in [0.25, 0.3) is 0 Å². The van der Waals surface area contributed by atoms with Crippen molar-refractivity contribution in [1.29, 1.82) is 0 Å². The predicted molar refractivity (Wildman–Crippen MR) is 106 cm³/mol. The highest BCUT2D eigenvalue weighted by molar-refractivity contribution is 6.04. The Morgan fingerprint density at radius 3 is 2.74 bits per heavy atom. The predicted octanol–water partition coefficient (Wildman–Crippen LogP) is 4.03. The molecule has 27 heavy (non-hydrogen) atoms. The van der Waals surface area contributed by atoms with Gasteiger partial charge in [-0.1, -0.05) is 0 Å². The minimum Gasteiger partial charge on any atom is -0.487 e. The van der Waals surface area contributed by atoms with Gasteiger partial charge in [-0.2, -0.15) is 0 Å². The van der Waals surface area contributed by atoms with Crippen LogP contribution < -0.4 is 15.0 Å². The second-order valence-electron chi connectivity index (χ2n) is 7.45. The maximum Gasteiger partial charge on any atom is 0.291 e. The average Bonchev–Trinajstić information content (AvgIpc) is 3.16. The van der Waals surface area contributed by atoms with E-state index < -0.39 is 0 Å². The van der Waals surface area contributed by atoms with Gasteiger partial charge < -0.3 is 24.1 Å². The zero-order valence-electron chi connectivity index (χ0n) is 16.7. The van der Waals surface area contributed by atoms with E-state index in [9.17, 15) is 4.79 Å². The molecule has 1 aromatic heterocycles. The van der Waals surface area contributed by atoms with Crippen LogP contribution in [0.4, 0.5) is 11.4 Å². The minimum absolute atomic E-state index is 0.246. The Hall–Kier alpha value is -2.47. The number of fused-ring (bicyclic) bond motifs is 1. The van der Waals surface area contributed by atoms with Gasteiger partial charge in [-0.25, -0.2) is 0 Å². The van der Waals surface area contributed by atoms with Crippen molar-refractivity contribution in [1.82, 2.24) is 0 Å². The largest absolute Gasteiger partial charge is 0.487 e. The minimum atomic E-state index is -0.259. The highest BCUT2D eigenvalue weighted by Crippen LogP contribution is 2.41. The normalized spacial score (nSPS) is 14.6. The van der Waals surface area contributed by atoms with Crippen molar-refractivity contribution < 1.29 is 18.7 Å². The molecule has 0 aliphatic carbocycles. The molecule has 1 aliphatic heterocycles. The number of anilines is 2. The molecule has 1 aromatic carbocycles. The molecule has 1 N–H and O–H groups in total. The topological polar surface area (TPSA) is 63.9 Å². The van der Waals surface area contributed by atoms with Crippen molar-refractivity contribution in [3.8, 4) is 5.75 Å². The van der Waals surface area contributed by atoms with Crippen molar-refractivity contribution in [3.63, 3.8) is 0 Å². The first-order valence-corrected chi connectivity index (χ1v) is 9.30. The molecule has 0 saturated carbocycles. The number of carbonyl (C=O) groups is 1. The third kappa shape index (κ3) is 4.27. The van der Waals surface area contributed by atoms with Gasteiger partial charge in [0.05, 0.1) is 18.0 Å². The van der Waals surface area contributed by atoms with Crippen LogP contribution in [-0.4, -0.2) is 38.3 Å². The van der Waals surface area contributed by atoms with E-state index in [-0.39, 0.29) is 11.5 Å². The van der Waals surface area contributed by atoms with Crippen LogP contribution in [0, 0.1) is 6.92 Å². The number of ether oxygens (including phenoxy) is 2. The summed E-state index contributed by atoms with van der Waals surface area (Å²) in [5.41, 5.74) is 2.52. The second kappa shape index (κ2) is 7.64. The van der Waals surface area contributed by atoms with Crippen LogP contribution in [0.2, 0.25) is 0 Å². The van der Waals surface area contributed by atoms with E-state index in [1.165, 1.54) is 0 Å². The van der Waals surface area contributed by atoms with Crippen LogP contribution in [0.1, 0.15) is 42.6 Å². The summed E-state index contributed by atoms with van der Waals surface area (Å²) in [6.45, 7) is 10.1. The Bertz CT molecular complexity index is 826. The Labute approximate surface area is 160 Å². The summed E-state index contributed by atoms with van der Waals surface area (Å²) in [5.74, 6) is 1.62. The molecule has 2 heterocycles. The quantitative estimate of drug-likeness (QED) is 0.795. The third-order valence-electron chi connectivity index (χ3n) is 4.68. The number of furan rings is 1. The number of hydrogen-bond acceptors (Lipinski definition) is 5. The van der Waals surface area contributed by atoms with Crippen LogP contribution in [-0.2, 0) is 11.2 Å². The van der Waals surface area contributed by atoms with E-state index in [4.69, 9.17) is 13.9 Å². The van der Waals surface area contributed by atoms with Gasteiger partial charge in [-0.05, 0) is 45.9 Å². The molecule has 3 rings (SSSR count). The highest BCUT2D eigenvalue weighted by Gasteiger charge is 2.32. The lowest BCUT2D eigenvalue weighted by atomic mass is 10.0. The lowest BCUT2D eigenvalue weighted by Crippen LogP contribution is -2.28. The number of likely N-dealkylation sites (N-methyl/N-ethyl adjacent to an activating group) is 1. The Kier molecular flexibility index (Phi) is 5.46. The zero-order valence-corrected chi connectivity index (χ0v) is 16.7. The molecule has 0 radical (unpaired) electrons. The van der Waals surface area contributed by atoms with Crippen molar-refractivity contribution in [2.24, 2.45) is 0 Å². The van der Waals surface area contributed by atoms with Crippen molar-refractivity contribution in [2.75, 3.05) is 37.0 Å². The maximum absolute atomic E-state index is 12.7. The number of nitrogens with one attached hydrogen (secondary N) is 1. The second-order valence-corrected chi connectivity index (χ2v) is 7.45. The lowest BCUT2D eigenvalue weighted by Gasteiger charge is -2.26. The first-order valence-electron chi connectivity index (χ1n) is 9.30. The molecule has 1 aliphatic rings. The Morgan fingerprint density at radius 2 is 2.11 bits per heavy atom. The van der Waals surface area contributed by atoms with E-state index in [0.717, 1.165) is 42.2 Å². The fourth-order valence-corrected chi connectivity index (χ4v) is 3.39. The molecular formula is C21H28N2O4. The molecule has 0 unspecified atom stereocenters. The monoisotopic (exact) mass is 372 g/mol. The fraction of sp³-hybridized carbons (Fsp3) is 0.476. The lowest BCUT2D eigenvalue weighted by molar-refractivity contribution is 0.0995. The molecule has 146 valence electrons. The third-order valence-corrected chi connectivity index (χ3v) is 4.68. The van der Waals surface area contributed by atoms with Gasteiger partial charge >= 0.3 is 0 Å². The summed E-state index contributed by atoms with van der Waals surface area (Å²) in [7, 11) is 1.68. The first-order chi connectivity index (χ1) is 12.8. The van der Waals surface area contributed by atoms with Crippen molar-refractivity contribution >= 4 is 17.3 Å². The van der Waals surface area contributed by atoms with Gasteiger partial charge in [0, 0.05) is 38.2 Å². The summed E-state index contributed by atoms with van der Waals surface area (Å²) >= 11 is 0. The SMILES string of the molecule is CCN(CCOC)c1cc2c(cc1NC(=O)c1ccc(C)o1)CC(C)(C)O2. The molecule has 0 atom stereocenters. The van der Waals surface area contributed by atoms with Gasteiger partial charge in [0.25, 0.3) is 5.91 Å².